The number of methoxy groups -OCH3 is 3. The minimum absolute atomic E-state index is 0.0548. The highest BCUT2D eigenvalue weighted by Gasteiger charge is 2.37. The van der Waals surface area contributed by atoms with E-state index in [-0.39, 0.29) is 5.75 Å². The summed E-state index contributed by atoms with van der Waals surface area (Å²) < 4.78 is 48.7. The zero-order valence-electron chi connectivity index (χ0n) is 19.3. The lowest BCUT2D eigenvalue weighted by Gasteiger charge is -2.39. The van der Waals surface area contributed by atoms with Crippen LogP contribution in [0.25, 0.3) is 0 Å². The van der Waals surface area contributed by atoms with Gasteiger partial charge in [-0.15, -0.1) is 0 Å². The Morgan fingerprint density at radius 2 is 0.939 bits per heavy atom. The van der Waals surface area contributed by atoms with Crippen LogP contribution in [-0.4, -0.2) is 35.5 Å². The fraction of sp³-hybridized carbons (Fsp3) is 0.280. The molecule has 0 amide bonds. The second kappa shape index (κ2) is 11.0. The molecule has 33 heavy (non-hydrogen) atoms. The Labute approximate surface area is 198 Å². The Morgan fingerprint density at radius 1 is 0.606 bits per heavy atom. The van der Waals surface area contributed by atoms with Gasteiger partial charge in [0.25, 0.3) is 10.1 Å². The van der Waals surface area contributed by atoms with E-state index in [1.54, 1.807) is 21.3 Å². The fourth-order valence-corrected chi connectivity index (χ4v) is 8.81. The van der Waals surface area contributed by atoms with E-state index in [9.17, 15) is 8.42 Å². The van der Waals surface area contributed by atoms with Crippen molar-refractivity contribution in [1.82, 2.24) is 0 Å². The van der Waals surface area contributed by atoms with Gasteiger partial charge in [0.15, 0.2) is 0 Å². The molecule has 0 fully saturated rings. The summed E-state index contributed by atoms with van der Waals surface area (Å²) in [5.74, 6) is 1.96. The molecule has 0 aliphatic heterocycles. The van der Waals surface area contributed by atoms with Crippen molar-refractivity contribution in [1.29, 1.82) is 0 Å². The lowest BCUT2D eigenvalue weighted by Crippen LogP contribution is -2.17. The summed E-state index contributed by atoms with van der Waals surface area (Å²) in [7, 11) is -1.73. The number of hydrogen-bond acceptors (Lipinski definition) is 6. The number of unbranched alkanes of at least 4 members (excludes halogenated alkanes) is 1. The third kappa shape index (κ3) is 5.63. The first-order valence-electron chi connectivity index (χ1n) is 10.6. The highest BCUT2D eigenvalue weighted by atomic mass is 32.3. The summed E-state index contributed by atoms with van der Waals surface area (Å²) >= 11 is 0. The molecule has 0 heterocycles. The maximum atomic E-state index is 13.2. The molecule has 0 aromatic heterocycles. The largest absolute Gasteiger partial charge is 0.497 e. The third-order valence-corrected chi connectivity index (χ3v) is 10.4. The average Bonchev–Trinajstić information content (AvgIpc) is 2.86. The topological polar surface area (TPSA) is 71.1 Å². The summed E-state index contributed by atoms with van der Waals surface area (Å²) in [6.45, 7) is 1.95. The minimum atomic E-state index is -3.85. The van der Waals surface area contributed by atoms with Crippen molar-refractivity contribution in [3.63, 3.8) is 0 Å². The molecule has 3 aromatic carbocycles. The second-order valence-corrected chi connectivity index (χ2v) is 11.9. The Hall–Kier alpha value is -2.68. The minimum Gasteiger partial charge on any atom is -0.497 e. The summed E-state index contributed by atoms with van der Waals surface area (Å²) in [6.07, 6.45) is 1.27. The standard InChI is InChI=1S/C25H30O6S2/c1-5-6-19-32(26,27)31-33(23-13-7-20(28-2)8-14-23,24-15-9-21(29-3)10-16-24)25-17-11-22(30-4)12-18-25/h7-18H,5-6,19H2,1-4H3. The number of rotatable bonds is 11. The molecule has 0 spiro atoms. The molecule has 178 valence electrons. The van der Waals surface area contributed by atoms with Gasteiger partial charge in [-0.2, -0.15) is 8.42 Å². The van der Waals surface area contributed by atoms with E-state index in [1.807, 2.05) is 79.7 Å². The Bertz CT molecular complexity index is 1010. The van der Waals surface area contributed by atoms with Gasteiger partial charge in [0.1, 0.15) is 17.2 Å². The zero-order valence-corrected chi connectivity index (χ0v) is 20.9. The molecule has 3 rings (SSSR count). The van der Waals surface area contributed by atoms with E-state index in [0.29, 0.717) is 23.7 Å². The van der Waals surface area contributed by atoms with Crippen molar-refractivity contribution in [3.05, 3.63) is 72.8 Å². The number of ether oxygens (including phenoxy) is 3. The molecule has 0 atom stereocenters. The molecule has 0 bridgehead atoms. The van der Waals surface area contributed by atoms with Crippen LogP contribution in [0.4, 0.5) is 0 Å². The molecule has 0 unspecified atom stereocenters. The van der Waals surface area contributed by atoms with Crippen LogP contribution in [0.15, 0.2) is 87.5 Å². The van der Waals surface area contributed by atoms with Crippen molar-refractivity contribution in [3.8, 4) is 17.2 Å². The molecule has 3 aromatic rings. The Balaban J connectivity index is 2.30. The van der Waals surface area contributed by atoms with Gasteiger partial charge in [0.05, 0.1) is 27.1 Å². The van der Waals surface area contributed by atoms with Gasteiger partial charge in [0, 0.05) is 14.7 Å². The molecule has 0 aliphatic carbocycles. The fourth-order valence-electron chi connectivity index (χ4n) is 3.34. The van der Waals surface area contributed by atoms with E-state index < -0.39 is 20.4 Å². The lowest BCUT2D eigenvalue weighted by atomic mass is 10.3. The summed E-state index contributed by atoms with van der Waals surface area (Å²) in [6, 6.07) is 22.0. The number of benzene rings is 3. The lowest BCUT2D eigenvalue weighted by molar-refractivity contribution is 0.414. The SMILES string of the molecule is CCCCS(=O)(=O)OS(c1ccc(OC)cc1)(c1ccc(OC)cc1)c1ccc(OC)cc1. The maximum absolute atomic E-state index is 13.2. The molecule has 0 N–H and O–H groups in total. The predicted octanol–water partition coefficient (Wildman–Crippen LogP) is 6.06. The second-order valence-electron chi connectivity index (χ2n) is 7.27. The van der Waals surface area contributed by atoms with Crippen LogP contribution in [0.2, 0.25) is 0 Å². The first kappa shape index (κ1) is 25.0. The first-order chi connectivity index (χ1) is 15.9. The smallest absolute Gasteiger partial charge is 0.277 e. The van der Waals surface area contributed by atoms with Gasteiger partial charge in [-0.3, -0.25) is 0 Å². The molecular weight excluding hydrogens is 460 g/mol. The zero-order chi connectivity index (χ0) is 23.9. The highest BCUT2D eigenvalue weighted by molar-refractivity contribution is 8.33. The van der Waals surface area contributed by atoms with Crippen molar-refractivity contribution in [2.75, 3.05) is 27.1 Å². The molecule has 0 saturated heterocycles. The first-order valence-corrected chi connectivity index (χ1v) is 13.7. The van der Waals surface area contributed by atoms with Crippen LogP contribution in [0.1, 0.15) is 19.8 Å². The van der Waals surface area contributed by atoms with Gasteiger partial charge in [-0.05, 0) is 89.5 Å². The van der Waals surface area contributed by atoms with Crippen LogP contribution in [0, 0.1) is 0 Å². The van der Waals surface area contributed by atoms with Crippen LogP contribution >= 0.6 is 10.3 Å². The highest BCUT2D eigenvalue weighted by Crippen LogP contribution is 2.70. The molecule has 8 heteroatoms. The van der Waals surface area contributed by atoms with Gasteiger partial charge >= 0.3 is 0 Å². The van der Waals surface area contributed by atoms with Crippen molar-refractivity contribution in [2.45, 2.75) is 34.5 Å². The monoisotopic (exact) mass is 490 g/mol. The molecule has 0 saturated carbocycles. The Morgan fingerprint density at radius 3 is 1.21 bits per heavy atom. The van der Waals surface area contributed by atoms with E-state index in [2.05, 4.69) is 0 Å². The van der Waals surface area contributed by atoms with Gasteiger partial charge < -0.3 is 14.2 Å². The van der Waals surface area contributed by atoms with Crippen molar-refractivity contribution in [2.24, 2.45) is 0 Å². The van der Waals surface area contributed by atoms with E-state index in [4.69, 9.17) is 17.8 Å². The summed E-state index contributed by atoms with van der Waals surface area (Å²) in [5.41, 5.74) is 0. The Kier molecular flexibility index (Phi) is 8.29. The van der Waals surface area contributed by atoms with Crippen LogP contribution in [0.5, 0.6) is 17.2 Å². The molecule has 0 radical (unpaired) electrons. The summed E-state index contributed by atoms with van der Waals surface area (Å²) in [5, 5.41) is 0. The predicted molar refractivity (Wildman–Crippen MR) is 131 cm³/mol. The van der Waals surface area contributed by atoms with Gasteiger partial charge in [0.2, 0.25) is 0 Å². The van der Waals surface area contributed by atoms with E-state index in [0.717, 1.165) is 21.1 Å². The maximum Gasteiger partial charge on any atom is 0.277 e. The van der Waals surface area contributed by atoms with Crippen molar-refractivity contribution < 1.29 is 26.3 Å². The van der Waals surface area contributed by atoms with Gasteiger partial charge in [-0.1, -0.05) is 13.3 Å². The molecule has 0 aliphatic rings. The van der Waals surface area contributed by atoms with E-state index in [1.165, 1.54) is 0 Å². The van der Waals surface area contributed by atoms with Crippen molar-refractivity contribution >= 4 is 20.4 Å². The van der Waals surface area contributed by atoms with Crippen LogP contribution in [-0.2, 0) is 13.7 Å². The van der Waals surface area contributed by atoms with Crippen LogP contribution in [0.3, 0.4) is 0 Å². The average molecular weight is 491 g/mol. The number of hydrogen-bond donors (Lipinski definition) is 0. The molecule has 6 nitrogen and oxygen atoms in total. The normalized spacial score (nSPS) is 12.2. The third-order valence-electron chi connectivity index (χ3n) is 5.13. The van der Waals surface area contributed by atoms with Crippen LogP contribution < -0.4 is 14.2 Å². The molecular formula is C25H30O6S2. The van der Waals surface area contributed by atoms with E-state index >= 15 is 0 Å². The summed E-state index contributed by atoms with van der Waals surface area (Å²) in [4.78, 5) is 2.20. The quantitative estimate of drug-likeness (QED) is 0.326. The van der Waals surface area contributed by atoms with Gasteiger partial charge in [-0.25, -0.2) is 3.63 Å².